The third-order valence-corrected chi connectivity index (χ3v) is 1.98. The molecule has 0 amide bonds. The Morgan fingerprint density at radius 3 is 3.00 bits per heavy atom. The van der Waals surface area contributed by atoms with E-state index in [2.05, 4.69) is 10.3 Å². The maximum absolute atomic E-state index is 10.9. The van der Waals surface area contributed by atoms with Crippen LogP contribution in [0.1, 0.15) is 18.0 Å². The Kier molecular flexibility index (Phi) is 3.52. The Morgan fingerprint density at radius 2 is 2.54 bits per heavy atom. The van der Waals surface area contributed by atoms with Crippen molar-refractivity contribution in [3.63, 3.8) is 0 Å². The van der Waals surface area contributed by atoms with Gasteiger partial charge in [0.25, 0.3) is 0 Å². The topological polar surface area (TPSA) is 65.1 Å². The lowest BCUT2D eigenvalue weighted by atomic mass is 10.0. The summed E-state index contributed by atoms with van der Waals surface area (Å²) in [5.41, 5.74) is 0.766. The Bertz CT molecular complexity index is 257. The van der Waals surface area contributed by atoms with E-state index in [4.69, 9.17) is 5.11 Å². The molecule has 1 heterocycles. The van der Waals surface area contributed by atoms with Gasteiger partial charge in [0.2, 0.25) is 0 Å². The van der Waals surface area contributed by atoms with Crippen molar-refractivity contribution in [2.24, 2.45) is 0 Å². The molecule has 1 unspecified atom stereocenters. The summed E-state index contributed by atoms with van der Waals surface area (Å²) in [4.78, 5) is 13.8. The van der Waals surface area contributed by atoms with Gasteiger partial charge in [-0.2, -0.15) is 0 Å². The largest absolute Gasteiger partial charge is 0.481 e. The van der Waals surface area contributed by atoms with E-state index in [1.165, 1.54) is 0 Å². The molecule has 0 aromatic carbocycles. The second kappa shape index (κ2) is 4.67. The van der Waals surface area contributed by atoms with Crippen molar-refractivity contribution in [1.82, 2.24) is 10.3 Å². The van der Waals surface area contributed by atoms with Crippen LogP contribution in [0, 0.1) is 0 Å². The van der Waals surface area contributed by atoms with E-state index in [1.54, 1.807) is 12.3 Å². The molecular weight excluding hydrogens is 168 g/mol. The molecule has 1 aromatic heterocycles. The SMILES string of the molecule is CNCCC(C(=O)O)c1ccc[nH]1. The second-order valence-corrected chi connectivity index (χ2v) is 2.91. The molecule has 13 heavy (non-hydrogen) atoms. The summed E-state index contributed by atoms with van der Waals surface area (Å²) in [7, 11) is 1.81. The molecule has 1 rings (SSSR count). The monoisotopic (exact) mass is 182 g/mol. The number of aromatic nitrogens is 1. The Balaban J connectivity index is 2.63. The fourth-order valence-corrected chi connectivity index (χ4v) is 1.26. The van der Waals surface area contributed by atoms with Crippen molar-refractivity contribution in [1.29, 1.82) is 0 Å². The number of rotatable bonds is 5. The average Bonchev–Trinajstić information content (AvgIpc) is 2.57. The van der Waals surface area contributed by atoms with Crippen molar-refractivity contribution >= 4 is 5.97 Å². The van der Waals surface area contributed by atoms with E-state index in [0.29, 0.717) is 13.0 Å². The van der Waals surface area contributed by atoms with Crippen LogP contribution in [0.5, 0.6) is 0 Å². The molecule has 4 heteroatoms. The lowest BCUT2D eigenvalue weighted by molar-refractivity contribution is -0.139. The first-order valence-corrected chi connectivity index (χ1v) is 4.26. The molecule has 4 nitrogen and oxygen atoms in total. The first-order chi connectivity index (χ1) is 6.25. The summed E-state index contributed by atoms with van der Waals surface area (Å²) in [6.07, 6.45) is 2.34. The highest BCUT2D eigenvalue weighted by atomic mass is 16.4. The van der Waals surface area contributed by atoms with E-state index in [9.17, 15) is 4.79 Å². The van der Waals surface area contributed by atoms with E-state index < -0.39 is 11.9 Å². The van der Waals surface area contributed by atoms with Crippen LogP contribution >= 0.6 is 0 Å². The molecule has 0 aliphatic heterocycles. The van der Waals surface area contributed by atoms with Crippen LogP contribution < -0.4 is 5.32 Å². The molecule has 1 aromatic rings. The van der Waals surface area contributed by atoms with Gasteiger partial charge in [-0.25, -0.2) is 0 Å². The third-order valence-electron chi connectivity index (χ3n) is 1.98. The summed E-state index contributed by atoms with van der Waals surface area (Å²) in [5, 5.41) is 11.9. The molecule has 0 fully saturated rings. The number of carboxylic acids is 1. The van der Waals surface area contributed by atoms with Gasteiger partial charge in [0.1, 0.15) is 0 Å². The number of aliphatic carboxylic acids is 1. The van der Waals surface area contributed by atoms with Crippen LogP contribution in [0.25, 0.3) is 0 Å². The number of nitrogens with one attached hydrogen (secondary N) is 2. The molecule has 1 atom stereocenters. The van der Waals surface area contributed by atoms with Gasteiger partial charge in [0.05, 0.1) is 5.92 Å². The second-order valence-electron chi connectivity index (χ2n) is 2.91. The first-order valence-electron chi connectivity index (χ1n) is 4.26. The summed E-state index contributed by atoms with van der Waals surface area (Å²) < 4.78 is 0. The van der Waals surface area contributed by atoms with Crippen LogP contribution in [-0.4, -0.2) is 29.7 Å². The van der Waals surface area contributed by atoms with Gasteiger partial charge >= 0.3 is 5.97 Å². The van der Waals surface area contributed by atoms with Crippen molar-refractivity contribution < 1.29 is 9.90 Å². The third kappa shape index (κ3) is 2.59. The minimum atomic E-state index is -0.780. The normalized spacial score (nSPS) is 12.7. The highest BCUT2D eigenvalue weighted by Crippen LogP contribution is 2.17. The molecule has 0 bridgehead atoms. The zero-order chi connectivity index (χ0) is 9.68. The minimum absolute atomic E-state index is 0.428. The van der Waals surface area contributed by atoms with Gasteiger partial charge in [0, 0.05) is 11.9 Å². The van der Waals surface area contributed by atoms with Gasteiger partial charge in [-0.15, -0.1) is 0 Å². The predicted molar refractivity (Wildman–Crippen MR) is 49.7 cm³/mol. The Morgan fingerprint density at radius 1 is 1.77 bits per heavy atom. The lowest BCUT2D eigenvalue weighted by Crippen LogP contribution is -2.18. The van der Waals surface area contributed by atoms with E-state index in [0.717, 1.165) is 5.69 Å². The van der Waals surface area contributed by atoms with Crippen LogP contribution in [0.3, 0.4) is 0 Å². The van der Waals surface area contributed by atoms with Crippen LogP contribution in [0.4, 0.5) is 0 Å². The number of aromatic amines is 1. The average molecular weight is 182 g/mol. The Hall–Kier alpha value is -1.29. The number of hydrogen-bond donors (Lipinski definition) is 3. The van der Waals surface area contributed by atoms with Gasteiger partial charge < -0.3 is 15.4 Å². The number of carbonyl (C=O) groups is 1. The molecular formula is C9H14N2O2. The summed E-state index contributed by atoms with van der Waals surface area (Å²) in [6.45, 7) is 0.704. The lowest BCUT2D eigenvalue weighted by Gasteiger charge is -2.09. The van der Waals surface area contributed by atoms with E-state index >= 15 is 0 Å². The molecule has 0 radical (unpaired) electrons. The predicted octanol–water partition coefficient (Wildman–Crippen LogP) is 0.792. The van der Waals surface area contributed by atoms with Gasteiger partial charge in [0.15, 0.2) is 0 Å². The van der Waals surface area contributed by atoms with Gasteiger partial charge in [-0.1, -0.05) is 0 Å². The van der Waals surface area contributed by atoms with Crippen LogP contribution in [-0.2, 0) is 4.79 Å². The van der Waals surface area contributed by atoms with Crippen molar-refractivity contribution in [2.75, 3.05) is 13.6 Å². The summed E-state index contributed by atoms with van der Waals surface area (Å²) >= 11 is 0. The van der Waals surface area contributed by atoms with Crippen molar-refractivity contribution in [3.8, 4) is 0 Å². The summed E-state index contributed by atoms with van der Waals surface area (Å²) in [6, 6.07) is 3.61. The minimum Gasteiger partial charge on any atom is -0.481 e. The number of carboxylic acid groups (broad SMARTS) is 1. The molecule has 0 aliphatic rings. The van der Waals surface area contributed by atoms with Crippen molar-refractivity contribution in [2.45, 2.75) is 12.3 Å². The first kappa shape index (κ1) is 9.80. The molecule has 0 saturated heterocycles. The maximum Gasteiger partial charge on any atom is 0.312 e. The smallest absolute Gasteiger partial charge is 0.312 e. The number of hydrogen-bond acceptors (Lipinski definition) is 2. The van der Waals surface area contributed by atoms with Crippen LogP contribution in [0.2, 0.25) is 0 Å². The highest BCUT2D eigenvalue weighted by molar-refractivity contribution is 5.75. The standard InChI is InChI=1S/C9H14N2O2/c1-10-6-4-7(9(12)13)8-3-2-5-11-8/h2-3,5,7,10-11H,4,6H2,1H3,(H,12,13). The molecule has 0 spiro atoms. The summed E-state index contributed by atoms with van der Waals surface area (Å²) in [5.74, 6) is -1.21. The van der Waals surface area contributed by atoms with E-state index in [1.807, 2.05) is 13.1 Å². The maximum atomic E-state index is 10.9. The molecule has 0 saturated carbocycles. The zero-order valence-electron chi connectivity index (χ0n) is 7.58. The van der Waals surface area contributed by atoms with E-state index in [-0.39, 0.29) is 0 Å². The van der Waals surface area contributed by atoms with Gasteiger partial charge in [-0.05, 0) is 32.1 Å². The van der Waals surface area contributed by atoms with Gasteiger partial charge in [-0.3, -0.25) is 4.79 Å². The fourth-order valence-electron chi connectivity index (χ4n) is 1.26. The highest BCUT2D eigenvalue weighted by Gasteiger charge is 2.19. The quantitative estimate of drug-likeness (QED) is 0.630. The van der Waals surface area contributed by atoms with Crippen molar-refractivity contribution in [3.05, 3.63) is 24.0 Å². The number of H-pyrrole nitrogens is 1. The molecule has 0 aliphatic carbocycles. The fraction of sp³-hybridized carbons (Fsp3) is 0.444. The van der Waals surface area contributed by atoms with Crippen LogP contribution in [0.15, 0.2) is 18.3 Å². The Labute approximate surface area is 77.0 Å². The zero-order valence-corrected chi connectivity index (χ0v) is 7.58. The molecule has 72 valence electrons. The molecule has 3 N–H and O–H groups in total.